The number of amides is 3. The largest absolute Gasteiger partial charge is 0.449 e. The number of hydroxylamine groups is 1. The predicted molar refractivity (Wildman–Crippen MR) is 194 cm³/mol. The van der Waals surface area contributed by atoms with Gasteiger partial charge in [0.15, 0.2) is 6.29 Å². The standard InChI is InChI=1S/C37H52N4O12S/c1-25(2)23-51-37(46)40(22-34(44)38-16-17-42)27-11-8-14-29(20-27)54(47,48)41(53-28-12-6-7-13-28)21-32(43)31(19-26-9-4-3-5-10-26)39-36(45)52-33-24-50-35-30(33)15-18-49-35/h3-5,8-11,14,20,25,28,30-33,35,42-43H,6-7,12-13,15-19,21-24H2,1-2H3,(H,38,44)(H,39,45)/t30-,31-,32-,33-,35+/m0/s1. The topological polar surface area (TPSA) is 202 Å². The first-order valence-electron chi connectivity index (χ1n) is 18.5. The lowest BCUT2D eigenvalue weighted by molar-refractivity contribution is -0.145. The number of ether oxygens (including phenoxy) is 4. The summed E-state index contributed by atoms with van der Waals surface area (Å²) in [7, 11) is -4.53. The predicted octanol–water partition coefficient (Wildman–Crippen LogP) is 2.72. The number of carbonyl (C=O) groups is 3. The number of carbonyl (C=O) groups excluding carboxylic acids is 3. The minimum atomic E-state index is -4.53. The molecule has 5 atom stereocenters. The van der Waals surface area contributed by atoms with Gasteiger partial charge in [-0.3, -0.25) is 14.5 Å². The van der Waals surface area contributed by atoms with Crippen LogP contribution in [-0.2, 0) is 45.0 Å². The van der Waals surface area contributed by atoms with Gasteiger partial charge in [-0.2, -0.15) is 0 Å². The van der Waals surface area contributed by atoms with Gasteiger partial charge in [-0.05, 0) is 55.4 Å². The number of fused-ring (bicyclic) bond motifs is 1. The van der Waals surface area contributed by atoms with E-state index < -0.39 is 71.9 Å². The molecule has 2 aromatic carbocycles. The Morgan fingerprint density at radius 1 is 1.02 bits per heavy atom. The Morgan fingerprint density at radius 2 is 1.78 bits per heavy atom. The summed E-state index contributed by atoms with van der Waals surface area (Å²) in [5.41, 5.74) is 0.837. The number of hydrogen-bond donors (Lipinski definition) is 4. The van der Waals surface area contributed by atoms with E-state index in [-0.39, 0.29) is 55.2 Å². The first-order valence-corrected chi connectivity index (χ1v) is 19.9. The van der Waals surface area contributed by atoms with Crippen molar-refractivity contribution in [3.8, 4) is 0 Å². The number of nitrogens with one attached hydrogen (secondary N) is 2. The molecule has 298 valence electrons. The highest BCUT2D eigenvalue weighted by molar-refractivity contribution is 7.89. The molecule has 5 rings (SSSR count). The maximum Gasteiger partial charge on any atom is 0.414 e. The van der Waals surface area contributed by atoms with E-state index in [1.165, 1.54) is 24.3 Å². The van der Waals surface area contributed by atoms with Crippen LogP contribution in [-0.4, -0.2) is 118 Å². The second-order valence-electron chi connectivity index (χ2n) is 14.1. The van der Waals surface area contributed by atoms with Gasteiger partial charge < -0.3 is 39.8 Å². The highest BCUT2D eigenvalue weighted by Gasteiger charge is 2.44. The summed E-state index contributed by atoms with van der Waals surface area (Å²) in [6.45, 7) is 3.01. The van der Waals surface area contributed by atoms with Crippen LogP contribution < -0.4 is 15.5 Å². The summed E-state index contributed by atoms with van der Waals surface area (Å²) in [6.07, 6.45) is -0.832. The van der Waals surface area contributed by atoms with Crippen LogP contribution in [0.3, 0.4) is 0 Å². The van der Waals surface area contributed by atoms with Crippen molar-refractivity contribution in [1.29, 1.82) is 0 Å². The van der Waals surface area contributed by atoms with E-state index in [1.54, 1.807) is 0 Å². The van der Waals surface area contributed by atoms with Crippen molar-refractivity contribution < 1.29 is 56.8 Å². The van der Waals surface area contributed by atoms with Gasteiger partial charge in [0.25, 0.3) is 10.0 Å². The van der Waals surface area contributed by atoms with Crippen molar-refractivity contribution in [2.24, 2.45) is 11.8 Å². The highest BCUT2D eigenvalue weighted by Crippen LogP contribution is 2.33. The number of sulfonamides is 1. The Bertz CT molecular complexity index is 1640. The van der Waals surface area contributed by atoms with Gasteiger partial charge in [-0.1, -0.05) is 67.6 Å². The van der Waals surface area contributed by atoms with Gasteiger partial charge in [0.05, 0.1) is 62.0 Å². The fourth-order valence-corrected chi connectivity index (χ4v) is 7.90. The molecule has 3 amide bonds. The molecule has 1 aliphatic carbocycles. The average molecular weight is 777 g/mol. The molecule has 16 nitrogen and oxygen atoms in total. The molecule has 0 unspecified atom stereocenters. The number of hydrogen-bond acceptors (Lipinski definition) is 12. The summed E-state index contributed by atoms with van der Waals surface area (Å²) < 4.78 is 51.8. The third kappa shape index (κ3) is 11.3. The number of rotatable bonds is 18. The van der Waals surface area contributed by atoms with Crippen LogP contribution in [0.5, 0.6) is 0 Å². The third-order valence-corrected chi connectivity index (χ3v) is 11.0. The van der Waals surface area contributed by atoms with Crippen LogP contribution in [0.1, 0.15) is 51.5 Å². The lowest BCUT2D eigenvalue weighted by Gasteiger charge is -2.31. The molecule has 3 aliphatic rings. The first-order chi connectivity index (χ1) is 25.9. The smallest absolute Gasteiger partial charge is 0.414 e. The average Bonchev–Trinajstić information content (AvgIpc) is 3.93. The number of aliphatic hydroxyl groups excluding tert-OH is 2. The summed E-state index contributed by atoms with van der Waals surface area (Å²) in [5.74, 6) is -0.709. The Labute approximate surface area is 316 Å². The summed E-state index contributed by atoms with van der Waals surface area (Å²) in [6, 6.07) is 13.6. The SMILES string of the molecule is CC(C)COC(=O)N(CC(=O)NCCO)c1cccc(S(=O)(=O)N(C[C@H](O)[C@H](Cc2ccccc2)NC(=O)O[C@H]2CO[C@H]3OCC[C@H]32)OC2CCCC2)c1. The maximum absolute atomic E-state index is 14.4. The lowest BCUT2D eigenvalue weighted by Crippen LogP contribution is -2.51. The molecule has 3 fully saturated rings. The van der Waals surface area contributed by atoms with E-state index in [0.717, 1.165) is 27.8 Å². The Morgan fingerprint density at radius 3 is 2.50 bits per heavy atom. The van der Waals surface area contributed by atoms with Crippen molar-refractivity contribution in [1.82, 2.24) is 15.1 Å². The lowest BCUT2D eigenvalue weighted by atomic mass is 10.0. The van der Waals surface area contributed by atoms with Crippen LogP contribution >= 0.6 is 0 Å². The van der Waals surface area contributed by atoms with E-state index in [2.05, 4.69) is 10.6 Å². The normalized spacial score (nSPS) is 21.1. The Balaban J connectivity index is 1.39. The number of aliphatic hydroxyl groups is 2. The van der Waals surface area contributed by atoms with Gasteiger partial charge in [0, 0.05) is 12.2 Å². The zero-order chi connectivity index (χ0) is 38.7. The molecule has 0 bridgehead atoms. The molecule has 0 spiro atoms. The second-order valence-corrected chi connectivity index (χ2v) is 15.9. The molecule has 4 N–H and O–H groups in total. The second kappa shape index (κ2) is 19.7. The molecule has 0 aromatic heterocycles. The van der Waals surface area contributed by atoms with E-state index in [0.29, 0.717) is 25.9 Å². The van der Waals surface area contributed by atoms with Crippen molar-refractivity contribution >= 4 is 33.8 Å². The number of benzene rings is 2. The van der Waals surface area contributed by atoms with Crippen LogP contribution in [0.2, 0.25) is 0 Å². The fraction of sp³-hybridized carbons (Fsp3) is 0.595. The van der Waals surface area contributed by atoms with E-state index >= 15 is 0 Å². The number of anilines is 1. The molecule has 2 aromatic rings. The highest BCUT2D eigenvalue weighted by atomic mass is 32.2. The Hall–Kier alpha value is -3.84. The zero-order valence-electron chi connectivity index (χ0n) is 30.7. The molecule has 54 heavy (non-hydrogen) atoms. The minimum absolute atomic E-state index is 0.00788. The van der Waals surface area contributed by atoms with Crippen LogP contribution in [0.4, 0.5) is 15.3 Å². The van der Waals surface area contributed by atoms with Crippen molar-refractivity contribution in [3.63, 3.8) is 0 Å². The van der Waals surface area contributed by atoms with Crippen LogP contribution in [0.15, 0.2) is 59.5 Å². The van der Waals surface area contributed by atoms with Crippen molar-refractivity contribution in [2.45, 2.75) is 87.9 Å². The summed E-state index contributed by atoms with van der Waals surface area (Å²) >= 11 is 0. The van der Waals surface area contributed by atoms with Gasteiger partial charge in [0.2, 0.25) is 5.91 Å². The monoisotopic (exact) mass is 776 g/mol. The summed E-state index contributed by atoms with van der Waals surface area (Å²) in [5, 5.41) is 26.1. The van der Waals surface area contributed by atoms with E-state index in [4.69, 9.17) is 28.9 Å². The van der Waals surface area contributed by atoms with Crippen LogP contribution in [0, 0.1) is 11.8 Å². The van der Waals surface area contributed by atoms with Gasteiger partial charge >= 0.3 is 12.2 Å². The first kappa shape index (κ1) is 41.3. The molecule has 2 saturated heterocycles. The molecule has 2 aliphatic heterocycles. The minimum Gasteiger partial charge on any atom is -0.449 e. The molecule has 1 saturated carbocycles. The van der Waals surface area contributed by atoms with Gasteiger partial charge in [-0.15, -0.1) is 0 Å². The molecular formula is C37H52N4O12S. The number of alkyl carbamates (subject to hydrolysis) is 1. The number of nitrogens with zero attached hydrogens (tertiary/aromatic N) is 2. The van der Waals surface area contributed by atoms with Crippen molar-refractivity contribution in [3.05, 3.63) is 60.2 Å². The molecule has 0 radical (unpaired) electrons. The Kier molecular flexibility index (Phi) is 15.0. The fourth-order valence-electron chi connectivity index (χ4n) is 6.56. The van der Waals surface area contributed by atoms with E-state index in [9.17, 15) is 27.9 Å². The van der Waals surface area contributed by atoms with Crippen molar-refractivity contribution in [2.75, 3.05) is 51.0 Å². The molecule has 2 heterocycles. The zero-order valence-corrected chi connectivity index (χ0v) is 31.5. The quantitative estimate of drug-likeness (QED) is 0.162. The third-order valence-electron chi connectivity index (χ3n) is 9.41. The summed E-state index contributed by atoms with van der Waals surface area (Å²) in [4.78, 5) is 46.0. The van der Waals surface area contributed by atoms with E-state index in [1.807, 2.05) is 44.2 Å². The van der Waals surface area contributed by atoms with Gasteiger partial charge in [-0.25, -0.2) is 18.0 Å². The maximum atomic E-state index is 14.4. The van der Waals surface area contributed by atoms with Crippen LogP contribution in [0.25, 0.3) is 0 Å². The van der Waals surface area contributed by atoms with Gasteiger partial charge in [0.1, 0.15) is 12.6 Å². The molecule has 17 heteroatoms. The molecular weight excluding hydrogens is 724 g/mol.